The summed E-state index contributed by atoms with van der Waals surface area (Å²) >= 11 is 0. The van der Waals surface area contributed by atoms with Gasteiger partial charge < -0.3 is 42.7 Å². The van der Waals surface area contributed by atoms with Gasteiger partial charge in [0, 0.05) is 11.1 Å². The lowest BCUT2D eigenvalue weighted by Gasteiger charge is -2.34. The molecule has 0 spiro atoms. The first-order chi connectivity index (χ1) is 25.7. The molecule has 0 aliphatic heterocycles. The second-order valence-electron chi connectivity index (χ2n) is 15.5. The highest BCUT2D eigenvalue weighted by molar-refractivity contribution is 6.84. The fourth-order valence-corrected chi connectivity index (χ4v) is 14.2. The van der Waals surface area contributed by atoms with Crippen molar-refractivity contribution in [1.29, 1.82) is 0 Å². The number of benzene rings is 2. The molecular formula is C40H62O13Si2. The van der Waals surface area contributed by atoms with E-state index >= 15 is 0 Å². The number of hydrogen-bond donors (Lipinski definition) is 2. The Morgan fingerprint density at radius 1 is 0.527 bits per heavy atom. The lowest BCUT2D eigenvalue weighted by Crippen LogP contribution is -2.44. The van der Waals surface area contributed by atoms with Crippen LogP contribution in [0.15, 0.2) is 48.5 Å². The van der Waals surface area contributed by atoms with E-state index in [2.05, 4.69) is 26.2 Å². The van der Waals surface area contributed by atoms with Crippen molar-refractivity contribution in [2.75, 3.05) is 52.9 Å². The highest BCUT2D eigenvalue weighted by Crippen LogP contribution is 2.24. The Labute approximate surface area is 328 Å². The van der Waals surface area contributed by atoms with Gasteiger partial charge in [-0.3, -0.25) is 19.2 Å². The van der Waals surface area contributed by atoms with E-state index in [1.54, 1.807) is 48.5 Å². The zero-order chi connectivity index (χ0) is 41.1. The highest BCUT2D eigenvalue weighted by atomic mass is 28.4. The van der Waals surface area contributed by atoms with Gasteiger partial charge in [-0.05, 0) is 127 Å². The maximum Gasteiger partial charge on any atom is 0.308 e. The average molecular weight is 807 g/mol. The van der Waals surface area contributed by atoms with Crippen molar-refractivity contribution < 1.29 is 61.9 Å². The molecule has 0 amide bonds. The molecule has 0 saturated heterocycles. The van der Waals surface area contributed by atoms with E-state index in [0.717, 1.165) is 24.9 Å². The number of carbonyl (C=O) groups is 4. The summed E-state index contributed by atoms with van der Waals surface area (Å²) in [5.74, 6) is -0.225. The Morgan fingerprint density at radius 3 is 1.20 bits per heavy atom. The summed E-state index contributed by atoms with van der Waals surface area (Å²) in [4.78, 5) is 48.5. The maximum atomic E-state index is 12.1. The Kier molecular flexibility index (Phi) is 19.9. The molecule has 15 heteroatoms. The first-order valence-corrected chi connectivity index (χ1v) is 25.1. The second-order valence-corrected chi connectivity index (χ2v) is 24.4. The van der Waals surface area contributed by atoms with Crippen molar-refractivity contribution in [2.45, 2.75) is 103 Å². The number of ether oxygens (including phenoxy) is 6. The third-order valence-corrected chi connectivity index (χ3v) is 15.7. The molecule has 0 aromatic heterocycles. The van der Waals surface area contributed by atoms with Gasteiger partial charge in [0.15, 0.2) is 28.2 Å². The normalized spacial score (nSPS) is 12.3. The van der Waals surface area contributed by atoms with Crippen molar-refractivity contribution >= 4 is 40.1 Å². The van der Waals surface area contributed by atoms with Gasteiger partial charge in [0.1, 0.15) is 35.9 Å². The third kappa shape index (κ3) is 20.3. The van der Waals surface area contributed by atoms with Crippen LogP contribution < -0.4 is 9.47 Å². The molecule has 2 rings (SSSR count). The van der Waals surface area contributed by atoms with Crippen molar-refractivity contribution in [2.24, 2.45) is 0 Å². The molecule has 0 bridgehead atoms. The maximum absolute atomic E-state index is 12.1. The highest BCUT2D eigenvalue weighted by Gasteiger charge is 2.32. The van der Waals surface area contributed by atoms with Gasteiger partial charge in [-0.1, -0.05) is 0 Å². The van der Waals surface area contributed by atoms with Crippen LogP contribution in [0.1, 0.15) is 74.1 Å². The molecular weight excluding hydrogens is 745 g/mol. The molecule has 0 atom stereocenters. The van der Waals surface area contributed by atoms with Crippen molar-refractivity contribution in [3.63, 3.8) is 0 Å². The smallest absolute Gasteiger partial charge is 0.308 e. The average Bonchev–Trinajstić information content (AvgIpc) is 3.10. The van der Waals surface area contributed by atoms with Crippen molar-refractivity contribution in [3.05, 3.63) is 59.7 Å². The lowest BCUT2D eigenvalue weighted by atomic mass is 9.97. The summed E-state index contributed by atoms with van der Waals surface area (Å²) in [6.07, 6.45) is 1.72. The van der Waals surface area contributed by atoms with Crippen LogP contribution in [0.4, 0.5) is 0 Å². The Bertz CT molecular complexity index is 1370. The fraction of sp³-hybridized carbons (Fsp3) is 0.600. The van der Waals surface area contributed by atoms with Crippen LogP contribution in [-0.2, 0) is 32.7 Å². The summed E-state index contributed by atoms with van der Waals surface area (Å²) in [7, 11) is -3.99. The van der Waals surface area contributed by atoms with Gasteiger partial charge in [-0.25, -0.2) is 0 Å². The largest absolute Gasteiger partial charge is 0.491 e. The van der Waals surface area contributed by atoms with Crippen molar-refractivity contribution in [3.8, 4) is 11.5 Å². The van der Waals surface area contributed by atoms with Crippen molar-refractivity contribution in [1.82, 2.24) is 0 Å². The van der Waals surface area contributed by atoms with E-state index in [1.165, 1.54) is 27.7 Å². The minimum Gasteiger partial charge on any atom is -0.491 e. The third-order valence-electron chi connectivity index (χ3n) is 8.16. The van der Waals surface area contributed by atoms with Crippen LogP contribution in [0.5, 0.6) is 11.5 Å². The summed E-state index contributed by atoms with van der Waals surface area (Å²) in [6, 6.07) is 14.8. The van der Waals surface area contributed by atoms with Crippen LogP contribution in [0.2, 0.25) is 38.3 Å². The molecule has 0 heterocycles. The molecule has 13 nitrogen and oxygen atoms in total. The quantitative estimate of drug-likeness (QED) is 0.0434. The predicted octanol–water partition coefficient (Wildman–Crippen LogP) is 6.16. The SMILES string of the molecule is CC(C)(O)C(=O)c1ccc(OCCOCCC(=O)OCCC[Si](C)(C)O[Si](C)(C)CCCOC(=O)CCOCCOc2ccc(C(=O)C(C)(C)O)cc2)cc1. The molecule has 0 unspecified atom stereocenters. The van der Waals surface area contributed by atoms with Crippen LogP contribution in [-0.4, -0.2) is 114 Å². The topological polar surface area (TPSA) is 173 Å². The molecule has 2 aromatic carbocycles. The van der Waals surface area contributed by atoms with E-state index in [0.29, 0.717) is 49.1 Å². The van der Waals surface area contributed by atoms with Crippen LogP contribution >= 0.6 is 0 Å². The number of esters is 2. The molecule has 308 valence electrons. The van der Waals surface area contributed by atoms with Crippen LogP contribution in [0.3, 0.4) is 0 Å². The van der Waals surface area contributed by atoms with Gasteiger partial charge in [0.2, 0.25) is 0 Å². The standard InChI is InChI=1S/C40H62O13Si2/c1-39(2,45)37(43)31-11-15-33(16-12-31)49-27-25-47-23-19-35(41)51-21-9-29-54(5,6)53-55(7,8)30-10-22-52-36(42)20-24-48-26-28-50-34-17-13-32(14-18-34)38(44)40(3,4)46/h11-18,45-46H,9-10,19-30H2,1-8H3. The number of carbonyl (C=O) groups excluding carboxylic acids is 4. The van der Waals surface area contributed by atoms with E-state index in [9.17, 15) is 29.4 Å². The van der Waals surface area contributed by atoms with Gasteiger partial charge in [-0.2, -0.15) is 0 Å². The summed E-state index contributed by atoms with van der Waals surface area (Å²) in [5.41, 5.74) is -2.07. The monoisotopic (exact) mass is 806 g/mol. The second kappa shape index (κ2) is 22.9. The van der Waals surface area contributed by atoms with Gasteiger partial charge in [-0.15, -0.1) is 0 Å². The first-order valence-electron chi connectivity index (χ1n) is 18.9. The Morgan fingerprint density at radius 2 is 0.873 bits per heavy atom. The van der Waals surface area contributed by atoms with E-state index < -0.39 is 27.8 Å². The predicted molar refractivity (Wildman–Crippen MR) is 213 cm³/mol. The van der Waals surface area contributed by atoms with Crippen LogP contribution in [0, 0.1) is 0 Å². The molecule has 0 fully saturated rings. The molecule has 2 N–H and O–H groups in total. The number of Topliss-reactive ketones (excluding diaryl/α,β-unsaturated/α-hetero) is 2. The number of ketones is 2. The Hall–Kier alpha value is -3.45. The number of aliphatic hydroxyl groups is 2. The molecule has 0 saturated carbocycles. The minimum absolute atomic E-state index is 0.144. The molecule has 0 radical (unpaired) electrons. The lowest BCUT2D eigenvalue weighted by molar-refractivity contribution is -0.145. The van der Waals surface area contributed by atoms with E-state index in [1.807, 2.05) is 0 Å². The molecule has 2 aromatic rings. The Balaban J connectivity index is 1.48. The molecule has 55 heavy (non-hydrogen) atoms. The van der Waals surface area contributed by atoms with E-state index in [-0.39, 0.29) is 62.8 Å². The van der Waals surface area contributed by atoms with E-state index in [4.69, 9.17) is 32.5 Å². The number of hydrogen-bond acceptors (Lipinski definition) is 13. The van der Waals surface area contributed by atoms with Crippen LogP contribution in [0.25, 0.3) is 0 Å². The fourth-order valence-electron chi connectivity index (χ4n) is 5.43. The van der Waals surface area contributed by atoms with Gasteiger partial charge in [0.05, 0.1) is 52.5 Å². The summed E-state index contributed by atoms with van der Waals surface area (Å²) < 4.78 is 39.6. The zero-order valence-electron chi connectivity index (χ0n) is 33.9. The zero-order valence-corrected chi connectivity index (χ0v) is 35.9. The summed E-state index contributed by atoms with van der Waals surface area (Å²) in [6.45, 7) is 16.7. The first kappa shape index (κ1) is 47.7. The molecule has 0 aliphatic rings. The van der Waals surface area contributed by atoms with Gasteiger partial charge >= 0.3 is 11.9 Å². The number of rotatable bonds is 28. The summed E-state index contributed by atoms with van der Waals surface area (Å²) in [5, 5.41) is 19.7. The van der Waals surface area contributed by atoms with Gasteiger partial charge in [0.25, 0.3) is 0 Å². The minimum atomic E-state index is -2.00. The molecule has 0 aliphatic carbocycles.